The molecule has 0 aliphatic heterocycles. The Morgan fingerprint density at radius 3 is 1.36 bits per heavy atom. The molecule has 296 valence electrons. The maximum Gasteiger partial charge on any atom is 0.140 e. The van der Waals surface area contributed by atoms with E-state index in [0.29, 0.717) is 0 Å². The van der Waals surface area contributed by atoms with Crippen LogP contribution in [0.3, 0.4) is 0 Å². The highest BCUT2D eigenvalue weighted by Gasteiger charge is 2.33. The van der Waals surface area contributed by atoms with E-state index in [9.17, 15) is 0 Å². The second-order valence-electron chi connectivity index (χ2n) is 16.8. The lowest BCUT2D eigenvalue weighted by atomic mass is 9.68. The lowest BCUT2D eigenvalue weighted by Crippen LogP contribution is -2.27. The van der Waals surface area contributed by atoms with Gasteiger partial charge in [-0.25, -0.2) is 9.97 Å². The molecule has 0 atom stereocenters. The molecule has 61 heavy (non-hydrogen) atoms. The van der Waals surface area contributed by atoms with E-state index < -0.39 is 0 Å². The minimum atomic E-state index is -0.148. The zero-order valence-corrected chi connectivity index (χ0v) is 35.4. The van der Waals surface area contributed by atoms with Crippen molar-refractivity contribution in [2.24, 2.45) is 14.1 Å². The molecule has 0 bridgehead atoms. The van der Waals surface area contributed by atoms with Crippen molar-refractivity contribution in [3.63, 3.8) is 0 Å². The van der Waals surface area contributed by atoms with Gasteiger partial charge in [0.05, 0.1) is 22.4 Å². The van der Waals surface area contributed by atoms with Gasteiger partial charge in [-0.3, -0.25) is 0 Å². The van der Waals surface area contributed by atoms with E-state index in [1.54, 1.807) is 0 Å². The van der Waals surface area contributed by atoms with Crippen molar-refractivity contribution in [1.82, 2.24) is 19.1 Å². The highest BCUT2D eigenvalue weighted by molar-refractivity contribution is 5.82. The standard InChI is InChI=1S/C57H48N4/c1-7-11-51-53(8-2)60(5)55(58-51)43-26-22-39(23-27-43)37-14-18-41(19-15-37)45-30-32-47-34-48-33-31-46(36-50(48)57(3,4)49(47)35-45)42-20-16-38(17-21-42)40-24-28-44(29-25-40)56-59-52-12-9-10-13-54(52)61(56)6/h7-33,35-36H,2,34H2,1,3-6H3/b11-7-. The Labute approximate surface area is 358 Å². The summed E-state index contributed by atoms with van der Waals surface area (Å²) in [6.45, 7) is 10.8. The molecule has 0 saturated heterocycles. The van der Waals surface area contributed by atoms with Crippen LogP contribution in [0.4, 0.5) is 0 Å². The minimum absolute atomic E-state index is 0.148. The van der Waals surface area contributed by atoms with Crippen LogP contribution in [0.25, 0.3) is 90.5 Å². The normalized spacial score (nSPS) is 13.1. The van der Waals surface area contributed by atoms with Gasteiger partial charge in [-0.1, -0.05) is 160 Å². The number of hydrogen-bond donors (Lipinski definition) is 0. The van der Waals surface area contributed by atoms with E-state index >= 15 is 0 Å². The fourth-order valence-electron chi connectivity index (χ4n) is 9.38. The second-order valence-corrected chi connectivity index (χ2v) is 16.8. The fraction of sp³-hybridized carbons (Fsp3) is 0.123. The number of aryl methyl sites for hydroxylation is 1. The summed E-state index contributed by atoms with van der Waals surface area (Å²) in [5.74, 6) is 1.91. The number of allylic oxidation sites excluding steroid dienone is 1. The quantitative estimate of drug-likeness (QED) is 0.154. The number of rotatable bonds is 8. The lowest BCUT2D eigenvalue weighted by Gasteiger charge is -2.36. The van der Waals surface area contributed by atoms with Crippen molar-refractivity contribution in [3.8, 4) is 67.3 Å². The third-order valence-corrected chi connectivity index (χ3v) is 12.8. The Hall–Kier alpha value is -7.30. The molecule has 10 rings (SSSR count). The van der Waals surface area contributed by atoms with Crippen LogP contribution in [0, 0.1) is 0 Å². The highest BCUT2D eigenvalue weighted by Crippen LogP contribution is 2.44. The van der Waals surface area contributed by atoms with Crippen molar-refractivity contribution in [2.45, 2.75) is 32.6 Å². The molecule has 1 aliphatic rings. The Morgan fingerprint density at radius 2 is 0.918 bits per heavy atom. The molecule has 1 aliphatic carbocycles. The fourth-order valence-corrected chi connectivity index (χ4v) is 9.38. The smallest absolute Gasteiger partial charge is 0.140 e. The molecule has 2 aromatic heterocycles. The maximum absolute atomic E-state index is 4.89. The van der Waals surface area contributed by atoms with Crippen molar-refractivity contribution >= 4 is 23.2 Å². The second kappa shape index (κ2) is 15.1. The molecule has 0 N–H and O–H groups in total. The highest BCUT2D eigenvalue weighted by atomic mass is 15.1. The van der Waals surface area contributed by atoms with E-state index in [0.717, 1.165) is 51.6 Å². The Kier molecular flexibility index (Phi) is 9.37. The van der Waals surface area contributed by atoms with Gasteiger partial charge < -0.3 is 9.13 Å². The molecule has 0 spiro atoms. The SMILES string of the molecule is C=Cc1c(/C=C\C)nc(-c2ccc(-c3ccc(-c4ccc5c(c4)C(C)(C)c4cc(-c6ccc(-c7ccc(-c8nc9ccccc9n8C)cc7)cc6)ccc4C5)cc3)cc2)n1C. The van der Waals surface area contributed by atoms with Crippen LogP contribution in [0.2, 0.25) is 0 Å². The van der Waals surface area contributed by atoms with Crippen LogP contribution < -0.4 is 0 Å². The van der Waals surface area contributed by atoms with E-state index in [4.69, 9.17) is 9.97 Å². The van der Waals surface area contributed by atoms with Crippen LogP contribution in [0.1, 0.15) is 54.4 Å². The summed E-state index contributed by atoms with van der Waals surface area (Å²) in [6.07, 6.45) is 6.85. The number of aromatic nitrogens is 4. The summed E-state index contributed by atoms with van der Waals surface area (Å²) in [5.41, 5.74) is 21.5. The predicted octanol–water partition coefficient (Wildman–Crippen LogP) is 14.2. The predicted molar refractivity (Wildman–Crippen MR) is 256 cm³/mol. The van der Waals surface area contributed by atoms with Crippen molar-refractivity contribution < 1.29 is 0 Å². The Bertz CT molecular complexity index is 3140. The van der Waals surface area contributed by atoms with Gasteiger partial charge in [-0.05, 0) is 117 Å². The molecular weight excluding hydrogens is 741 g/mol. The average Bonchev–Trinajstić information content (AvgIpc) is 3.81. The molecule has 2 heterocycles. The zero-order chi connectivity index (χ0) is 41.8. The number of benzene rings is 7. The summed E-state index contributed by atoms with van der Waals surface area (Å²) in [5, 5.41) is 0. The van der Waals surface area contributed by atoms with Gasteiger partial charge in [0.25, 0.3) is 0 Å². The van der Waals surface area contributed by atoms with E-state index in [2.05, 4.69) is 188 Å². The molecule has 7 aromatic carbocycles. The zero-order valence-electron chi connectivity index (χ0n) is 35.4. The van der Waals surface area contributed by atoms with Gasteiger partial charge in [-0.15, -0.1) is 0 Å². The van der Waals surface area contributed by atoms with E-state index in [1.807, 2.05) is 38.3 Å². The van der Waals surface area contributed by atoms with Gasteiger partial charge in [0.2, 0.25) is 0 Å². The third kappa shape index (κ3) is 6.65. The van der Waals surface area contributed by atoms with Crippen molar-refractivity contribution in [3.05, 3.63) is 204 Å². The minimum Gasteiger partial charge on any atom is -0.327 e. The van der Waals surface area contributed by atoms with Crippen molar-refractivity contribution in [2.75, 3.05) is 0 Å². The molecule has 0 amide bonds. The number of hydrogen-bond acceptors (Lipinski definition) is 2. The van der Waals surface area contributed by atoms with Gasteiger partial charge in [-0.2, -0.15) is 0 Å². The first kappa shape index (κ1) is 37.9. The number of fused-ring (bicyclic) bond motifs is 3. The molecule has 4 nitrogen and oxygen atoms in total. The average molecular weight is 789 g/mol. The topological polar surface area (TPSA) is 35.6 Å². The van der Waals surface area contributed by atoms with Crippen molar-refractivity contribution in [1.29, 1.82) is 0 Å². The van der Waals surface area contributed by atoms with Crippen LogP contribution in [-0.4, -0.2) is 19.1 Å². The molecule has 0 unspecified atom stereocenters. The number of para-hydroxylation sites is 2. The first-order chi connectivity index (χ1) is 29.7. The largest absolute Gasteiger partial charge is 0.327 e. The Morgan fingerprint density at radius 1 is 0.508 bits per heavy atom. The van der Waals surface area contributed by atoms with Crippen LogP contribution >= 0.6 is 0 Å². The first-order valence-electron chi connectivity index (χ1n) is 21.1. The lowest BCUT2D eigenvalue weighted by molar-refractivity contribution is 0.611. The molecule has 0 radical (unpaired) electrons. The van der Waals surface area contributed by atoms with Crippen LogP contribution in [0.15, 0.2) is 170 Å². The van der Waals surface area contributed by atoms with E-state index in [1.165, 1.54) is 66.8 Å². The molecule has 4 heteroatoms. The van der Waals surface area contributed by atoms with Crippen LogP contribution in [-0.2, 0) is 25.9 Å². The molecule has 9 aromatic rings. The number of imidazole rings is 2. The number of nitrogens with zero attached hydrogens (tertiary/aromatic N) is 4. The molecular formula is C57H48N4. The van der Waals surface area contributed by atoms with E-state index in [-0.39, 0.29) is 5.41 Å². The maximum atomic E-state index is 4.89. The summed E-state index contributed by atoms with van der Waals surface area (Å²) in [4.78, 5) is 9.78. The summed E-state index contributed by atoms with van der Waals surface area (Å²) in [7, 11) is 4.13. The third-order valence-electron chi connectivity index (χ3n) is 12.8. The molecule has 0 saturated carbocycles. The van der Waals surface area contributed by atoms with Gasteiger partial charge in [0.15, 0.2) is 0 Å². The van der Waals surface area contributed by atoms with Gasteiger partial charge in [0, 0.05) is 30.6 Å². The van der Waals surface area contributed by atoms with Gasteiger partial charge >= 0.3 is 0 Å². The summed E-state index contributed by atoms with van der Waals surface area (Å²) < 4.78 is 4.27. The Balaban J connectivity index is 0.865. The van der Waals surface area contributed by atoms with Crippen LogP contribution in [0.5, 0.6) is 0 Å². The summed E-state index contributed by atoms with van der Waals surface area (Å²) >= 11 is 0. The summed E-state index contributed by atoms with van der Waals surface area (Å²) in [6, 6.07) is 57.9. The first-order valence-corrected chi connectivity index (χ1v) is 21.1. The molecule has 0 fully saturated rings. The van der Waals surface area contributed by atoms with Gasteiger partial charge in [0.1, 0.15) is 11.6 Å². The monoisotopic (exact) mass is 788 g/mol.